The zero-order valence-corrected chi connectivity index (χ0v) is 7.64. The van der Waals surface area contributed by atoms with Gasteiger partial charge in [-0.2, -0.15) is 0 Å². The Kier molecular flexibility index (Phi) is 2.83. The van der Waals surface area contributed by atoms with Crippen molar-refractivity contribution in [3.05, 3.63) is 39.2 Å². The van der Waals surface area contributed by atoms with E-state index >= 15 is 0 Å². The van der Waals surface area contributed by atoms with Gasteiger partial charge < -0.3 is 0 Å². The molecule has 0 atom stereocenters. The monoisotopic (exact) mass is 203 g/mol. The number of benzene rings is 1. The summed E-state index contributed by atoms with van der Waals surface area (Å²) in [5.74, 6) is -0.564. The van der Waals surface area contributed by atoms with Crippen LogP contribution in [0.5, 0.6) is 0 Å². The third-order valence-electron chi connectivity index (χ3n) is 1.71. The van der Waals surface area contributed by atoms with E-state index in [2.05, 4.69) is 0 Å². The minimum absolute atomic E-state index is 0.0625. The van der Waals surface area contributed by atoms with Gasteiger partial charge in [-0.25, -0.2) is 4.39 Å². The van der Waals surface area contributed by atoms with Gasteiger partial charge in [0.1, 0.15) is 5.82 Å². The summed E-state index contributed by atoms with van der Waals surface area (Å²) in [6, 6.07) is 2.29. The predicted octanol–water partition coefficient (Wildman–Crippen LogP) is 2.78. The lowest BCUT2D eigenvalue weighted by molar-refractivity contribution is -0.385. The first kappa shape index (κ1) is 9.92. The minimum Gasteiger partial charge on any atom is -0.258 e. The predicted molar refractivity (Wildman–Crippen MR) is 47.3 cm³/mol. The number of aryl methyl sites for hydroxylation is 1. The maximum absolute atomic E-state index is 13.0. The second-order valence-electron chi connectivity index (χ2n) is 2.62. The number of nitrogens with zero attached hydrogens (tertiary/aromatic N) is 1. The van der Waals surface area contributed by atoms with E-state index in [0.29, 0.717) is 5.56 Å². The molecule has 0 bridgehead atoms. The fourth-order valence-electron chi connectivity index (χ4n) is 1.00. The van der Waals surface area contributed by atoms with Crippen LogP contribution >= 0.6 is 11.6 Å². The molecule has 70 valence electrons. The van der Waals surface area contributed by atoms with Crippen LogP contribution in [0, 0.1) is 22.9 Å². The number of alkyl halides is 1. The quantitative estimate of drug-likeness (QED) is 0.421. The van der Waals surface area contributed by atoms with Gasteiger partial charge in [0.25, 0.3) is 5.69 Å². The van der Waals surface area contributed by atoms with E-state index in [1.807, 2.05) is 0 Å². The van der Waals surface area contributed by atoms with Crippen LogP contribution in [0.1, 0.15) is 11.1 Å². The van der Waals surface area contributed by atoms with Crippen LogP contribution in [0.2, 0.25) is 0 Å². The van der Waals surface area contributed by atoms with E-state index in [4.69, 9.17) is 11.6 Å². The Hall–Kier alpha value is -1.16. The summed E-state index contributed by atoms with van der Waals surface area (Å²) in [7, 11) is 0. The third-order valence-corrected chi connectivity index (χ3v) is 1.99. The van der Waals surface area contributed by atoms with E-state index in [1.165, 1.54) is 6.92 Å². The van der Waals surface area contributed by atoms with E-state index < -0.39 is 10.7 Å². The van der Waals surface area contributed by atoms with Gasteiger partial charge in [-0.05, 0) is 13.0 Å². The molecule has 0 radical (unpaired) electrons. The lowest BCUT2D eigenvalue weighted by Crippen LogP contribution is -1.95. The molecule has 3 nitrogen and oxygen atoms in total. The Labute approximate surface area is 79.3 Å². The van der Waals surface area contributed by atoms with E-state index in [0.717, 1.165) is 12.1 Å². The highest BCUT2D eigenvalue weighted by molar-refractivity contribution is 6.17. The van der Waals surface area contributed by atoms with Gasteiger partial charge in [-0.3, -0.25) is 10.1 Å². The maximum Gasteiger partial charge on any atom is 0.272 e. The Bertz CT molecular complexity index is 354. The van der Waals surface area contributed by atoms with E-state index in [-0.39, 0.29) is 17.1 Å². The number of nitro groups is 1. The van der Waals surface area contributed by atoms with Gasteiger partial charge in [-0.15, -0.1) is 11.6 Å². The van der Waals surface area contributed by atoms with Crippen LogP contribution < -0.4 is 0 Å². The summed E-state index contributed by atoms with van der Waals surface area (Å²) in [5, 5.41) is 10.4. The molecule has 0 spiro atoms. The molecule has 0 heterocycles. The molecule has 0 N–H and O–H groups in total. The Morgan fingerprint density at radius 1 is 1.62 bits per heavy atom. The largest absolute Gasteiger partial charge is 0.272 e. The van der Waals surface area contributed by atoms with Gasteiger partial charge in [0.2, 0.25) is 0 Å². The molecule has 0 aliphatic carbocycles. The van der Waals surface area contributed by atoms with Gasteiger partial charge in [0.05, 0.1) is 10.8 Å². The molecule has 1 aromatic rings. The lowest BCUT2D eigenvalue weighted by atomic mass is 10.1. The number of halogens is 2. The van der Waals surface area contributed by atoms with Crippen molar-refractivity contribution in [1.82, 2.24) is 0 Å². The van der Waals surface area contributed by atoms with Crippen molar-refractivity contribution >= 4 is 17.3 Å². The summed E-state index contributed by atoms with van der Waals surface area (Å²) in [4.78, 5) is 9.89. The molecule has 0 saturated heterocycles. The maximum atomic E-state index is 13.0. The molecule has 0 amide bonds. The summed E-state index contributed by atoms with van der Waals surface area (Å²) in [6.07, 6.45) is 0. The van der Waals surface area contributed by atoms with Gasteiger partial charge in [-0.1, -0.05) is 0 Å². The summed E-state index contributed by atoms with van der Waals surface area (Å²) in [6.45, 7) is 1.49. The number of hydrogen-bond donors (Lipinski definition) is 0. The second-order valence-corrected chi connectivity index (χ2v) is 2.89. The van der Waals surface area contributed by atoms with Gasteiger partial charge in [0.15, 0.2) is 0 Å². The molecule has 0 unspecified atom stereocenters. The smallest absolute Gasteiger partial charge is 0.258 e. The highest BCUT2D eigenvalue weighted by Crippen LogP contribution is 2.22. The number of rotatable bonds is 2. The van der Waals surface area contributed by atoms with Crippen molar-refractivity contribution in [1.29, 1.82) is 0 Å². The van der Waals surface area contributed by atoms with Crippen molar-refractivity contribution < 1.29 is 9.31 Å². The van der Waals surface area contributed by atoms with E-state index in [9.17, 15) is 14.5 Å². The highest BCUT2D eigenvalue weighted by Gasteiger charge is 2.14. The van der Waals surface area contributed by atoms with Crippen molar-refractivity contribution in [3.63, 3.8) is 0 Å². The normalized spacial score (nSPS) is 10.1. The fraction of sp³-hybridized carbons (Fsp3) is 0.250. The highest BCUT2D eigenvalue weighted by atomic mass is 35.5. The Balaban J connectivity index is 3.30. The molecule has 1 rings (SSSR count). The first-order valence-electron chi connectivity index (χ1n) is 3.55. The summed E-state index contributed by atoms with van der Waals surface area (Å²) in [5.41, 5.74) is 0.354. The Morgan fingerprint density at radius 3 is 2.69 bits per heavy atom. The molecule has 5 heteroatoms. The second kappa shape index (κ2) is 3.70. The fourth-order valence-corrected chi connectivity index (χ4v) is 1.21. The zero-order valence-electron chi connectivity index (χ0n) is 6.88. The molecular formula is C8H7ClFNO2. The molecule has 13 heavy (non-hydrogen) atoms. The van der Waals surface area contributed by atoms with Crippen molar-refractivity contribution in [2.45, 2.75) is 12.8 Å². The molecule has 0 aromatic heterocycles. The van der Waals surface area contributed by atoms with Crippen LogP contribution in [-0.2, 0) is 5.88 Å². The molecule has 0 aliphatic heterocycles. The molecule has 0 saturated carbocycles. The Morgan fingerprint density at radius 2 is 2.23 bits per heavy atom. The first-order chi connectivity index (χ1) is 6.06. The van der Waals surface area contributed by atoms with Gasteiger partial charge >= 0.3 is 0 Å². The topological polar surface area (TPSA) is 43.1 Å². The average Bonchev–Trinajstić information content (AvgIpc) is 2.03. The van der Waals surface area contributed by atoms with Crippen LogP contribution in [-0.4, -0.2) is 4.92 Å². The lowest BCUT2D eigenvalue weighted by Gasteiger charge is -2.01. The summed E-state index contributed by atoms with van der Waals surface area (Å²) < 4.78 is 13.0. The number of hydrogen-bond acceptors (Lipinski definition) is 2. The first-order valence-corrected chi connectivity index (χ1v) is 4.09. The van der Waals surface area contributed by atoms with Gasteiger partial charge in [0, 0.05) is 17.2 Å². The molecular weight excluding hydrogens is 197 g/mol. The molecule has 0 fully saturated rings. The molecule has 0 aliphatic rings. The molecule has 1 aromatic carbocycles. The van der Waals surface area contributed by atoms with Crippen molar-refractivity contribution in [3.8, 4) is 0 Å². The standard InChI is InChI=1S/C8H7ClFNO2/c1-5-2-7(10)6(4-9)3-8(5)11(12)13/h2-3H,4H2,1H3. The number of nitro benzene ring substituents is 1. The van der Waals surface area contributed by atoms with Crippen LogP contribution in [0.4, 0.5) is 10.1 Å². The summed E-state index contributed by atoms with van der Waals surface area (Å²) >= 11 is 5.40. The van der Waals surface area contributed by atoms with Crippen molar-refractivity contribution in [2.24, 2.45) is 0 Å². The van der Waals surface area contributed by atoms with Crippen LogP contribution in [0.15, 0.2) is 12.1 Å². The average molecular weight is 204 g/mol. The minimum atomic E-state index is -0.551. The third kappa shape index (κ3) is 1.95. The van der Waals surface area contributed by atoms with E-state index in [1.54, 1.807) is 0 Å². The van der Waals surface area contributed by atoms with Crippen molar-refractivity contribution in [2.75, 3.05) is 0 Å². The van der Waals surface area contributed by atoms with Crippen LogP contribution in [0.3, 0.4) is 0 Å². The van der Waals surface area contributed by atoms with Crippen LogP contribution in [0.25, 0.3) is 0 Å². The zero-order chi connectivity index (χ0) is 10.0. The SMILES string of the molecule is Cc1cc(F)c(CCl)cc1[N+](=O)[O-].